The summed E-state index contributed by atoms with van der Waals surface area (Å²) in [6, 6.07) is 0. The Morgan fingerprint density at radius 1 is 1.00 bits per heavy atom. The fourth-order valence-corrected chi connectivity index (χ4v) is 2.36. The van der Waals surface area contributed by atoms with E-state index < -0.39 is 0 Å². The molecule has 3 N–H and O–H groups in total. The topological polar surface area (TPSA) is 38.0 Å². The lowest BCUT2D eigenvalue weighted by atomic mass is 9.62. The van der Waals surface area contributed by atoms with Crippen LogP contribution in [0.2, 0.25) is 0 Å². The molecule has 3 aliphatic carbocycles. The molecule has 3 rings (SSSR count). The third-order valence-corrected chi connectivity index (χ3v) is 3.50. The van der Waals surface area contributed by atoms with E-state index in [4.69, 9.17) is 5.73 Å². The SMILES string of the molecule is NC12CCC(NF)(CC1)CC2. The predicted octanol–water partition coefficient (Wildman–Crippen LogP) is 1.26. The number of hydrogen-bond donors (Lipinski definition) is 2. The van der Waals surface area contributed by atoms with Crippen molar-refractivity contribution in [1.82, 2.24) is 5.54 Å². The molecule has 64 valence electrons. The van der Waals surface area contributed by atoms with E-state index in [0.29, 0.717) is 0 Å². The normalized spacial score (nSPS) is 49.6. The first-order chi connectivity index (χ1) is 5.18. The minimum Gasteiger partial charge on any atom is -0.325 e. The summed E-state index contributed by atoms with van der Waals surface area (Å²) in [5, 5.41) is 0. The predicted molar refractivity (Wildman–Crippen MR) is 41.6 cm³/mol. The van der Waals surface area contributed by atoms with E-state index in [9.17, 15) is 4.48 Å². The van der Waals surface area contributed by atoms with Crippen LogP contribution in [0.25, 0.3) is 0 Å². The number of hydrogen-bond acceptors (Lipinski definition) is 2. The van der Waals surface area contributed by atoms with Crippen molar-refractivity contribution in [2.24, 2.45) is 5.73 Å². The van der Waals surface area contributed by atoms with Crippen LogP contribution in [-0.2, 0) is 0 Å². The Morgan fingerprint density at radius 2 is 1.45 bits per heavy atom. The molecule has 0 aromatic rings. The Labute approximate surface area is 66.3 Å². The molecule has 0 atom stereocenters. The maximum absolute atomic E-state index is 12.4. The summed E-state index contributed by atoms with van der Waals surface area (Å²) < 4.78 is 12.4. The highest BCUT2D eigenvalue weighted by Gasteiger charge is 2.46. The summed E-state index contributed by atoms with van der Waals surface area (Å²) in [5.74, 6) is 0. The van der Waals surface area contributed by atoms with Crippen molar-refractivity contribution in [2.45, 2.75) is 49.6 Å². The Balaban J connectivity index is 2.12. The van der Waals surface area contributed by atoms with E-state index in [1.807, 2.05) is 5.54 Å². The van der Waals surface area contributed by atoms with Crippen molar-refractivity contribution in [1.29, 1.82) is 0 Å². The number of nitrogens with two attached hydrogens (primary N) is 1. The summed E-state index contributed by atoms with van der Waals surface area (Å²) in [7, 11) is 0. The molecule has 0 saturated heterocycles. The first kappa shape index (κ1) is 7.50. The molecule has 0 aromatic heterocycles. The highest BCUT2D eigenvalue weighted by atomic mass is 19.2. The van der Waals surface area contributed by atoms with Crippen LogP contribution in [0, 0.1) is 0 Å². The van der Waals surface area contributed by atoms with E-state index in [0.717, 1.165) is 38.5 Å². The van der Waals surface area contributed by atoms with Gasteiger partial charge in [0.2, 0.25) is 0 Å². The highest BCUT2D eigenvalue weighted by molar-refractivity contribution is 5.05. The first-order valence-electron chi connectivity index (χ1n) is 4.35. The van der Waals surface area contributed by atoms with Crippen LogP contribution in [-0.4, -0.2) is 11.1 Å². The average Bonchev–Trinajstić information content (AvgIpc) is 2.07. The van der Waals surface area contributed by atoms with Crippen LogP contribution < -0.4 is 11.3 Å². The smallest absolute Gasteiger partial charge is 0.0484 e. The molecule has 0 heterocycles. The van der Waals surface area contributed by atoms with Crippen molar-refractivity contribution in [3.63, 3.8) is 0 Å². The second-order valence-electron chi connectivity index (χ2n) is 4.24. The Kier molecular flexibility index (Phi) is 1.48. The van der Waals surface area contributed by atoms with Crippen molar-refractivity contribution < 1.29 is 4.48 Å². The van der Waals surface area contributed by atoms with E-state index in [-0.39, 0.29) is 11.1 Å². The molecule has 3 aliphatic rings. The van der Waals surface area contributed by atoms with Gasteiger partial charge in [0.25, 0.3) is 0 Å². The highest BCUT2D eigenvalue weighted by Crippen LogP contribution is 2.45. The van der Waals surface area contributed by atoms with Crippen LogP contribution in [0.3, 0.4) is 0 Å². The molecule has 2 bridgehead atoms. The van der Waals surface area contributed by atoms with Gasteiger partial charge in [0, 0.05) is 11.1 Å². The molecule has 3 saturated carbocycles. The lowest BCUT2D eigenvalue weighted by molar-refractivity contribution is 0.0313. The first-order valence-corrected chi connectivity index (χ1v) is 4.35. The van der Waals surface area contributed by atoms with Crippen LogP contribution in [0.1, 0.15) is 38.5 Å². The van der Waals surface area contributed by atoms with Gasteiger partial charge >= 0.3 is 0 Å². The molecule has 11 heavy (non-hydrogen) atoms. The number of rotatable bonds is 1. The largest absolute Gasteiger partial charge is 0.325 e. The van der Waals surface area contributed by atoms with Gasteiger partial charge in [-0.1, -0.05) is 0 Å². The maximum atomic E-state index is 12.4. The second kappa shape index (κ2) is 2.17. The Hall–Kier alpha value is -0.150. The van der Waals surface area contributed by atoms with Gasteiger partial charge in [-0.05, 0) is 38.5 Å². The quantitative estimate of drug-likeness (QED) is 0.564. The van der Waals surface area contributed by atoms with Gasteiger partial charge in [-0.2, -0.15) is 5.54 Å². The molecule has 0 amide bonds. The molecule has 0 aliphatic heterocycles. The Bertz CT molecular complexity index is 145. The standard InChI is InChI=1S/C8H15FN2/c9-11-8-4-1-7(10,2-5-8)3-6-8/h11H,1-6,10H2. The maximum Gasteiger partial charge on any atom is 0.0484 e. The summed E-state index contributed by atoms with van der Waals surface area (Å²) in [4.78, 5) is 0. The van der Waals surface area contributed by atoms with Gasteiger partial charge in [-0.3, -0.25) is 0 Å². The van der Waals surface area contributed by atoms with Gasteiger partial charge in [0.05, 0.1) is 0 Å². The molecule has 0 unspecified atom stereocenters. The van der Waals surface area contributed by atoms with Gasteiger partial charge in [0.1, 0.15) is 0 Å². The lowest BCUT2D eigenvalue weighted by Crippen LogP contribution is -2.58. The van der Waals surface area contributed by atoms with Gasteiger partial charge in [0.15, 0.2) is 0 Å². The summed E-state index contributed by atoms with van der Waals surface area (Å²) in [6.07, 6.45) is 5.72. The van der Waals surface area contributed by atoms with Crippen molar-refractivity contribution in [2.75, 3.05) is 0 Å². The van der Waals surface area contributed by atoms with Crippen molar-refractivity contribution in [3.05, 3.63) is 0 Å². The lowest BCUT2D eigenvalue weighted by Gasteiger charge is -2.50. The van der Waals surface area contributed by atoms with E-state index >= 15 is 0 Å². The zero-order chi connectivity index (χ0) is 7.95. The van der Waals surface area contributed by atoms with Gasteiger partial charge in [-0.15, -0.1) is 4.48 Å². The molecular formula is C8H15FN2. The van der Waals surface area contributed by atoms with E-state index in [1.54, 1.807) is 0 Å². The zero-order valence-corrected chi connectivity index (χ0v) is 6.70. The van der Waals surface area contributed by atoms with Gasteiger partial charge in [-0.25, -0.2) is 0 Å². The number of nitrogens with one attached hydrogen (secondary N) is 1. The molecule has 0 spiro atoms. The summed E-state index contributed by atoms with van der Waals surface area (Å²) >= 11 is 0. The second-order valence-corrected chi connectivity index (χ2v) is 4.24. The molecule has 3 heteroatoms. The van der Waals surface area contributed by atoms with Crippen LogP contribution in [0.4, 0.5) is 4.48 Å². The monoisotopic (exact) mass is 158 g/mol. The van der Waals surface area contributed by atoms with Crippen LogP contribution >= 0.6 is 0 Å². The number of halogens is 1. The minimum absolute atomic E-state index is 0.0542. The average molecular weight is 158 g/mol. The van der Waals surface area contributed by atoms with Crippen LogP contribution in [0.15, 0.2) is 0 Å². The molecular weight excluding hydrogens is 143 g/mol. The van der Waals surface area contributed by atoms with Crippen molar-refractivity contribution >= 4 is 0 Å². The molecule has 2 nitrogen and oxygen atoms in total. The van der Waals surface area contributed by atoms with E-state index in [1.165, 1.54) is 0 Å². The Morgan fingerprint density at radius 3 is 1.82 bits per heavy atom. The van der Waals surface area contributed by atoms with E-state index in [2.05, 4.69) is 0 Å². The van der Waals surface area contributed by atoms with Crippen LogP contribution in [0.5, 0.6) is 0 Å². The van der Waals surface area contributed by atoms with Crippen molar-refractivity contribution in [3.8, 4) is 0 Å². The number of fused-ring (bicyclic) bond motifs is 3. The molecule has 0 radical (unpaired) electrons. The summed E-state index contributed by atoms with van der Waals surface area (Å²) in [5.41, 5.74) is 7.89. The summed E-state index contributed by atoms with van der Waals surface area (Å²) in [6.45, 7) is 0. The third-order valence-electron chi connectivity index (χ3n) is 3.50. The minimum atomic E-state index is -0.193. The fourth-order valence-electron chi connectivity index (χ4n) is 2.36. The third kappa shape index (κ3) is 1.07. The molecule has 3 fully saturated rings. The zero-order valence-electron chi connectivity index (χ0n) is 6.70. The molecule has 0 aromatic carbocycles. The fraction of sp³-hybridized carbons (Fsp3) is 1.00. The van der Waals surface area contributed by atoms with Gasteiger partial charge < -0.3 is 5.73 Å².